The summed E-state index contributed by atoms with van der Waals surface area (Å²) >= 11 is 4.74. The summed E-state index contributed by atoms with van der Waals surface area (Å²) in [6.07, 6.45) is 0. The van der Waals surface area contributed by atoms with Gasteiger partial charge in [-0.2, -0.15) is 0 Å². The first-order valence-corrected chi connectivity index (χ1v) is 10.1. The van der Waals surface area contributed by atoms with Gasteiger partial charge >= 0.3 is 5.97 Å². The molecule has 0 spiro atoms. The van der Waals surface area contributed by atoms with Crippen LogP contribution in [0.4, 0.5) is 5.69 Å². The van der Waals surface area contributed by atoms with Gasteiger partial charge in [0.05, 0.1) is 0 Å². The zero-order valence-corrected chi connectivity index (χ0v) is 16.8. The lowest BCUT2D eigenvalue weighted by atomic mass is 9.97. The summed E-state index contributed by atoms with van der Waals surface area (Å²) in [5, 5.41) is 10.3. The second-order valence-corrected chi connectivity index (χ2v) is 8.07. The van der Waals surface area contributed by atoms with Crippen molar-refractivity contribution in [3.05, 3.63) is 63.5 Å². The summed E-state index contributed by atoms with van der Waals surface area (Å²) in [7, 11) is 0. The largest absolute Gasteiger partial charge is 0.755 e. The maximum Gasteiger partial charge on any atom is 0.346 e. The Morgan fingerprint density at radius 3 is 2.33 bits per heavy atom. The van der Waals surface area contributed by atoms with Crippen molar-refractivity contribution >= 4 is 45.9 Å². The molecule has 27 heavy (non-hydrogen) atoms. The Labute approximate surface area is 168 Å². The van der Waals surface area contributed by atoms with Gasteiger partial charge in [-0.15, -0.1) is 11.3 Å². The van der Waals surface area contributed by atoms with Crippen LogP contribution in [-0.4, -0.2) is 19.8 Å². The Kier molecular flexibility index (Phi) is 5.67. The van der Waals surface area contributed by atoms with Gasteiger partial charge in [-0.3, -0.25) is 4.21 Å². The number of carboxylic acid groups (broad SMARTS) is 1. The van der Waals surface area contributed by atoms with Crippen LogP contribution in [0.1, 0.15) is 20.8 Å². The molecule has 0 aliphatic carbocycles. The van der Waals surface area contributed by atoms with Crippen LogP contribution in [0.2, 0.25) is 5.02 Å². The second-order valence-electron chi connectivity index (χ2n) is 5.94. The number of aromatic carboxylic acids is 1. The molecule has 0 amide bonds. The molecule has 3 rings (SSSR count). The van der Waals surface area contributed by atoms with E-state index < -0.39 is 17.2 Å². The monoisotopic (exact) mass is 420 g/mol. The molecule has 0 aliphatic heterocycles. The van der Waals surface area contributed by atoms with Crippen molar-refractivity contribution in [2.45, 2.75) is 13.8 Å². The predicted octanol–water partition coefficient (Wildman–Crippen LogP) is 5.26. The van der Waals surface area contributed by atoms with Gasteiger partial charge in [-0.25, -0.2) is 4.79 Å². The number of carboxylic acids is 1. The molecule has 8 heteroatoms. The van der Waals surface area contributed by atoms with Gasteiger partial charge in [0, 0.05) is 32.4 Å². The summed E-state index contributed by atoms with van der Waals surface area (Å²) in [6, 6.07) is 12.4. The van der Waals surface area contributed by atoms with Crippen LogP contribution >= 0.6 is 22.9 Å². The molecule has 0 fully saturated rings. The van der Waals surface area contributed by atoms with Gasteiger partial charge in [0.1, 0.15) is 4.88 Å². The SMILES string of the molecule is Cc1cc(-c2c(C(=O)O)sc(-c3ccc(Cl)cc3)c2C)ccc1NS(=O)[O-]. The molecule has 2 N–H and O–H groups in total. The maximum absolute atomic E-state index is 11.8. The average Bonchev–Trinajstić information content (AvgIpc) is 2.95. The number of carbonyl (C=O) groups is 1. The third kappa shape index (κ3) is 4.06. The zero-order chi connectivity index (χ0) is 19.7. The molecule has 1 aromatic heterocycles. The van der Waals surface area contributed by atoms with Crippen molar-refractivity contribution < 1.29 is 18.7 Å². The van der Waals surface area contributed by atoms with E-state index in [0.29, 0.717) is 21.8 Å². The minimum absolute atomic E-state index is 0.241. The van der Waals surface area contributed by atoms with Crippen molar-refractivity contribution in [1.29, 1.82) is 0 Å². The lowest BCUT2D eigenvalue weighted by molar-refractivity contribution is 0.0703. The molecule has 1 atom stereocenters. The average molecular weight is 421 g/mol. The van der Waals surface area contributed by atoms with E-state index >= 15 is 0 Å². The summed E-state index contributed by atoms with van der Waals surface area (Å²) in [5.41, 5.74) is 4.26. The predicted molar refractivity (Wildman–Crippen MR) is 109 cm³/mol. The molecule has 1 heterocycles. The molecule has 3 aromatic rings. The van der Waals surface area contributed by atoms with E-state index in [9.17, 15) is 18.7 Å². The van der Waals surface area contributed by atoms with Gasteiger partial charge in [-0.1, -0.05) is 29.8 Å². The Morgan fingerprint density at radius 2 is 1.78 bits per heavy atom. The first-order valence-electron chi connectivity index (χ1n) is 7.87. The highest BCUT2D eigenvalue weighted by molar-refractivity contribution is 7.80. The van der Waals surface area contributed by atoms with E-state index in [2.05, 4.69) is 4.72 Å². The third-order valence-electron chi connectivity index (χ3n) is 4.16. The van der Waals surface area contributed by atoms with Crippen molar-refractivity contribution in [3.63, 3.8) is 0 Å². The molecule has 0 bridgehead atoms. The van der Waals surface area contributed by atoms with E-state index in [1.807, 2.05) is 19.1 Å². The summed E-state index contributed by atoms with van der Waals surface area (Å²) in [5.74, 6) is -1.00. The van der Waals surface area contributed by atoms with Crippen molar-refractivity contribution in [2.75, 3.05) is 4.72 Å². The van der Waals surface area contributed by atoms with E-state index in [1.165, 1.54) is 11.3 Å². The van der Waals surface area contributed by atoms with E-state index in [4.69, 9.17) is 11.6 Å². The number of hydrogen-bond acceptors (Lipinski definition) is 4. The lowest BCUT2D eigenvalue weighted by Crippen LogP contribution is -2.04. The zero-order valence-electron chi connectivity index (χ0n) is 14.4. The Bertz CT molecular complexity index is 1040. The first-order chi connectivity index (χ1) is 12.8. The number of thiophene rings is 1. The molecule has 5 nitrogen and oxygen atoms in total. The van der Waals surface area contributed by atoms with E-state index in [-0.39, 0.29) is 4.88 Å². The fourth-order valence-electron chi connectivity index (χ4n) is 2.91. The number of aryl methyl sites for hydroxylation is 1. The smallest absolute Gasteiger partial charge is 0.346 e. The number of rotatable bonds is 5. The number of nitrogens with one attached hydrogen (secondary N) is 1. The van der Waals surface area contributed by atoms with E-state index in [0.717, 1.165) is 21.6 Å². The Balaban J connectivity index is 2.15. The maximum atomic E-state index is 11.8. The van der Waals surface area contributed by atoms with Gasteiger partial charge in [0.2, 0.25) is 0 Å². The lowest BCUT2D eigenvalue weighted by Gasteiger charge is -2.13. The number of hydrogen-bond donors (Lipinski definition) is 2. The van der Waals surface area contributed by atoms with Crippen LogP contribution in [-0.2, 0) is 11.3 Å². The summed E-state index contributed by atoms with van der Waals surface area (Å²) in [4.78, 5) is 12.9. The molecular weight excluding hydrogens is 406 g/mol. The van der Waals surface area contributed by atoms with Gasteiger partial charge in [-0.05, 0) is 60.4 Å². The topological polar surface area (TPSA) is 89.5 Å². The first kappa shape index (κ1) is 19.6. The number of anilines is 1. The Morgan fingerprint density at radius 1 is 1.15 bits per heavy atom. The molecule has 0 aliphatic rings. The van der Waals surface area contributed by atoms with Crippen LogP contribution in [0.5, 0.6) is 0 Å². The highest BCUT2D eigenvalue weighted by Gasteiger charge is 2.22. The minimum Gasteiger partial charge on any atom is -0.755 e. The minimum atomic E-state index is -2.42. The van der Waals surface area contributed by atoms with Crippen LogP contribution in [0.3, 0.4) is 0 Å². The standard InChI is InChI=1S/C19H16ClNO4S2/c1-10-9-13(5-8-15(10)21-27(24)25)16-11(2)17(26-18(16)19(22)23)12-3-6-14(20)7-4-12/h3-9,21H,1-2H3,(H,22,23)(H,24,25)/p-1. The molecular formula is C19H15ClNO4S2-. The van der Waals surface area contributed by atoms with E-state index in [1.54, 1.807) is 37.3 Å². The molecule has 0 radical (unpaired) electrons. The normalized spacial score (nSPS) is 12.0. The molecule has 0 saturated heterocycles. The van der Waals surface area contributed by atoms with Crippen LogP contribution < -0.4 is 4.72 Å². The fraction of sp³-hybridized carbons (Fsp3) is 0.105. The van der Waals surface area contributed by atoms with Crippen LogP contribution in [0, 0.1) is 13.8 Å². The molecule has 0 saturated carbocycles. The fourth-order valence-corrected chi connectivity index (χ4v) is 4.62. The second kappa shape index (κ2) is 7.82. The Hall–Kier alpha value is -2.19. The summed E-state index contributed by atoms with van der Waals surface area (Å²) in [6.45, 7) is 3.65. The molecule has 140 valence electrons. The van der Waals surface area contributed by atoms with Gasteiger partial charge in [0.15, 0.2) is 0 Å². The third-order valence-corrected chi connectivity index (χ3v) is 6.12. The van der Waals surface area contributed by atoms with Gasteiger partial charge < -0.3 is 14.4 Å². The van der Waals surface area contributed by atoms with Crippen molar-refractivity contribution in [2.24, 2.45) is 0 Å². The highest BCUT2D eigenvalue weighted by Crippen LogP contribution is 2.42. The molecule has 1 unspecified atom stereocenters. The number of halogens is 1. The van der Waals surface area contributed by atoms with Crippen LogP contribution in [0.25, 0.3) is 21.6 Å². The van der Waals surface area contributed by atoms with Crippen LogP contribution in [0.15, 0.2) is 42.5 Å². The van der Waals surface area contributed by atoms with Gasteiger partial charge in [0.25, 0.3) is 0 Å². The van der Waals surface area contributed by atoms with Crippen molar-refractivity contribution in [1.82, 2.24) is 0 Å². The van der Waals surface area contributed by atoms with Crippen molar-refractivity contribution in [3.8, 4) is 21.6 Å². The summed E-state index contributed by atoms with van der Waals surface area (Å²) < 4.78 is 24.1. The number of benzene rings is 2. The highest BCUT2D eigenvalue weighted by atomic mass is 35.5. The quantitative estimate of drug-likeness (QED) is 0.551. The molecule has 2 aromatic carbocycles.